The molecule has 3 nitrogen and oxygen atoms in total. The second-order valence-electron chi connectivity index (χ2n) is 4.85. The van der Waals surface area contributed by atoms with Crippen LogP contribution in [-0.4, -0.2) is 24.0 Å². The summed E-state index contributed by atoms with van der Waals surface area (Å²) in [6.07, 6.45) is 5.42. The van der Waals surface area contributed by atoms with Gasteiger partial charge in [0.2, 0.25) is 0 Å². The maximum absolute atomic E-state index is 5.94. The molecule has 1 saturated carbocycles. The second-order valence-corrected chi connectivity index (χ2v) is 4.85. The zero-order valence-electron chi connectivity index (χ0n) is 10.1. The normalized spacial score (nSPS) is 25.4. The van der Waals surface area contributed by atoms with Crippen molar-refractivity contribution in [2.75, 3.05) is 13.1 Å². The Balaban J connectivity index is 1.81. The van der Waals surface area contributed by atoms with E-state index >= 15 is 0 Å². The number of nitrogens with zero attached hydrogens (tertiary/aromatic N) is 1. The Bertz CT molecular complexity index is 297. The van der Waals surface area contributed by atoms with E-state index in [4.69, 9.17) is 10.2 Å². The number of nitrogens with two attached hydrogens (primary N) is 1. The molecule has 0 amide bonds. The molecule has 90 valence electrons. The summed E-state index contributed by atoms with van der Waals surface area (Å²) in [5.41, 5.74) is 5.94. The fourth-order valence-electron chi connectivity index (χ4n) is 2.57. The van der Waals surface area contributed by atoms with Crippen LogP contribution in [-0.2, 0) is 6.54 Å². The van der Waals surface area contributed by atoms with Crippen LogP contribution >= 0.6 is 0 Å². The third-order valence-electron chi connectivity index (χ3n) is 3.50. The largest absolute Gasteiger partial charge is 0.468 e. The van der Waals surface area contributed by atoms with Crippen LogP contribution in [0.5, 0.6) is 0 Å². The van der Waals surface area contributed by atoms with Crippen molar-refractivity contribution in [3.63, 3.8) is 0 Å². The Labute approximate surface area is 97.6 Å². The second kappa shape index (κ2) is 5.51. The van der Waals surface area contributed by atoms with E-state index in [1.54, 1.807) is 6.26 Å². The minimum absolute atomic E-state index is 0.437. The first-order valence-corrected chi connectivity index (χ1v) is 6.28. The summed E-state index contributed by atoms with van der Waals surface area (Å²) in [5, 5.41) is 0. The third kappa shape index (κ3) is 3.09. The molecule has 0 aromatic carbocycles. The van der Waals surface area contributed by atoms with Crippen LogP contribution < -0.4 is 5.73 Å². The van der Waals surface area contributed by atoms with E-state index in [-0.39, 0.29) is 0 Å². The van der Waals surface area contributed by atoms with Gasteiger partial charge in [-0.15, -0.1) is 0 Å². The summed E-state index contributed by atoms with van der Waals surface area (Å²) in [7, 11) is 0. The zero-order valence-corrected chi connectivity index (χ0v) is 10.1. The fourth-order valence-corrected chi connectivity index (χ4v) is 2.57. The van der Waals surface area contributed by atoms with Gasteiger partial charge >= 0.3 is 0 Å². The first-order chi connectivity index (χ1) is 7.78. The molecule has 1 aromatic rings. The van der Waals surface area contributed by atoms with Crippen molar-refractivity contribution < 1.29 is 4.42 Å². The fraction of sp³-hybridized carbons (Fsp3) is 0.692. The van der Waals surface area contributed by atoms with E-state index in [1.165, 1.54) is 19.3 Å². The number of hydrogen-bond acceptors (Lipinski definition) is 3. The SMILES string of the molecule is CCN(Cc1ccco1)CC1CCC(N)C1. The van der Waals surface area contributed by atoms with Crippen LogP contribution in [0.2, 0.25) is 0 Å². The van der Waals surface area contributed by atoms with Gasteiger partial charge in [-0.05, 0) is 43.9 Å². The van der Waals surface area contributed by atoms with Crippen LogP contribution in [0, 0.1) is 5.92 Å². The third-order valence-corrected chi connectivity index (χ3v) is 3.50. The molecule has 1 aliphatic carbocycles. The molecule has 0 spiro atoms. The van der Waals surface area contributed by atoms with Crippen molar-refractivity contribution in [1.29, 1.82) is 0 Å². The lowest BCUT2D eigenvalue weighted by molar-refractivity contribution is 0.217. The summed E-state index contributed by atoms with van der Waals surface area (Å²) in [5.74, 6) is 1.84. The van der Waals surface area contributed by atoms with Crippen molar-refractivity contribution >= 4 is 0 Å². The maximum Gasteiger partial charge on any atom is 0.117 e. The zero-order chi connectivity index (χ0) is 11.4. The minimum atomic E-state index is 0.437. The van der Waals surface area contributed by atoms with Crippen LogP contribution in [0.4, 0.5) is 0 Å². The molecule has 2 rings (SSSR count). The summed E-state index contributed by atoms with van der Waals surface area (Å²) in [4.78, 5) is 2.45. The van der Waals surface area contributed by atoms with Gasteiger partial charge in [0.1, 0.15) is 5.76 Å². The molecule has 16 heavy (non-hydrogen) atoms. The Morgan fingerprint density at radius 3 is 2.94 bits per heavy atom. The van der Waals surface area contributed by atoms with Crippen LogP contribution in [0.25, 0.3) is 0 Å². The van der Waals surface area contributed by atoms with E-state index in [1.807, 2.05) is 12.1 Å². The van der Waals surface area contributed by atoms with Crippen molar-refractivity contribution in [2.24, 2.45) is 11.7 Å². The lowest BCUT2D eigenvalue weighted by Crippen LogP contribution is -2.28. The molecule has 0 saturated heterocycles. The van der Waals surface area contributed by atoms with Gasteiger partial charge in [0, 0.05) is 12.6 Å². The van der Waals surface area contributed by atoms with Gasteiger partial charge in [0.15, 0.2) is 0 Å². The highest BCUT2D eigenvalue weighted by atomic mass is 16.3. The van der Waals surface area contributed by atoms with E-state index in [9.17, 15) is 0 Å². The van der Waals surface area contributed by atoms with Gasteiger partial charge in [0.05, 0.1) is 12.8 Å². The topological polar surface area (TPSA) is 42.4 Å². The highest BCUT2D eigenvalue weighted by molar-refractivity contribution is 4.98. The molecule has 3 heteroatoms. The summed E-state index contributed by atoms with van der Waals surface area (Å²) < 4.78 is 5.39. The summed E-state index contributed by atoms with van der Waals surface area (Å²) >= 11 is 0. The molecule has 0 bridgehead atoms. The number of rotatable bonds is 5. The molecule has 2 unspecified atom stereocenters. The van der Waals surface area contributed by atoms with Crippen molar-refractivity contribution in [1.82, 2.24) is 4.90 Å². The Morgan fingerprint density at radius 1 is 1.50 bits per heavy atom. The monoisotopic (exact) mass is 222 g/mol. The molecule has 1 heterocycles. The first kappa shape index (κ1) is 11.7. The van der Waals surface area contributed by atoms with Gasteiger partial charge in [0.25, 0.3) is 0 Å². The standard InChI is InChI=1S/C13H22N2O/c1-2-15(10-13-4-3-7-16-13)9-11-5-6-12(14)8-11/h3-4,7,11-12H,2,5-6,8-10,14H2,1H3. The summed E-state index contributed by atoms with van der Waals surface area (Å²) in [6.45, 7) is 5.37. The molecule has 2 N–H and O–H groups in total. The van der Waals surface area contributed by atoms with Gasteiger partial charge in [-0.1, -0.05) is 6.92 Å². The van der Waals surface area contributed by atoms with Crippen molar-refractivity contribution in [2.45, 2.75) is 38.8 Å². The molecule has 1 aromatic heterocycles. The van der Waals surface area contributed by atoms with E-state index in [2.05, 4.69) is 11.8 Å². The number of furan rings is 1. The van der Waals surface area contributed by atoms with Gasteiger partial charge < -0.3 is 10.2 Å². The van der Waals surface area contributed by atoms with E-state index in [0.717, 1.165) is 31.3 Å². The molecule has 1 aliphatic rings. The summed E-state index contributed by atoms with van der Waals surface area (Å²) in [6, 6.07) is 4.44. The van der Waals surface area contributed by atoms with Gasteiger partial charge in [-0.25, -0.2) is 0 Å². The van der Waals surface area contributed by atoms with Crippen LogP contribution in [0.3, 0.4) is 0 Å². The quantitative estimate of drug-likeness (QED) is 0.830. The van der Waals surface area contributed by atoms with Gasteiger partial charge in [-0.2, -0.15) is 0 Å². The molecular weight excluding hydrogens is 200 g/mol. The average Bonchev–Trinajstić information content (AvgIpc) is 2.89. The molecule has 1 fully saturated rings. The van der Waals surface area contributed by atoms with Crippen molar-refractivity contribution in [3.8, 4) is 0 Å². The van der Waals surface area contributed by atoms with Gasteiger partial charge in [-0.3, -0.25) is 4.90 Å². The average molecular weight is 222 g/mol. The molecule has 2 atom stereocenters. The predicted octanol–water partition coefficient (Wildman–Crippen LogP) is 2.23. The minimum Gasteiger partial charge on any atom is -0.468 e. The smallest absolute Gasteiger partial charge is 0.117 e. The van der Waals surface area contributed by atoms with Crippen LogP contribution in [0.15, 0.2) is 22.8 Å². The molecular formula is C13H22N2O. The maximum atomic E-state index is 5.94. The first-order valence-electron chi connectivity index (χ1n) is 6.28. The molecule has 0 radical (unpaired) electrons. The lowest BCUT2D eigenvalue weighted by atomic mass is 10.1. The molecule has 0 aliphatic heterocycles. The Hall–Kier alpha value is -0.800. The Kier molecular flexibility index (Phi) is 4.02. The van der Waals surface area contributed by atoms with E-state index in [0.29, 0.717) is 6.04 Å². The van der Waals surface area contributed by atoms with Crippen molar-refractivity contribution in [3.05, 3.63) is 24.2 Å². The highest BCUT2D eigenvalue weighted by Gasteiger charge is 2.23. The van der Waals surface area contributed by atoms with Crippen LogP contribution in [0.1, 0.15) is 31.9 Å². The number of hydrogen-bond donors (Lipinski definition) is 1. The van der Waals surface area contributed by atoms with E-state index < -0.39 is 0 Å². The highest BCUT2D eigenvalue weighted by Crippen LogP contribution is 2.25. The lowest BCUT2D eigenvalue weighted by Gasteiger charge is -2.22. The predicted molar refractivity (Wildman–Crippen MR) is 65.0 cm³/mol. The Morgan fingerprint density at radius 2 is 2.38 bits per heavy atom.